The van der Waals surface area contributed by atoms with Crippen molar-refractivity contribution in [3.05, 3.63) is 156 Å². The van der Waals surface area contributed by atoms with Crippen LogP contribution in [-0.2, 0) is 114 Å². The van der Waals surface area contributed by atoms with Crippen molar-refractivity contribution in [2.24, 2.45) is 17.4 Å². The number of aromatic nitrogens is 4. The van der Waals surface area contributed by atoms with Gasteiger partial charge in [-0.05, 0) is 106 Å². The van der Waals surface area contributed by atoms with Crippen molar-refractivity contribution in [1.82, 2.24) is 94.4 Å². The number of primary amides is 1. The number of aromatic hydroxyl groups is 1. The van der Waals surface area contributed by atoms with Gasteiger partial charge >= 0.3 is 5.97 Å². The Bertz CT molecular complexity index is 4930. The molecule has 40 nitrogen and oxygen atoms in total. The van der Waals surface area contributed by atoms with Crippen LogP contribution in [0.25, 0.3) is 21.8 Å². The van der Waals surface area contributed by atoms with E-state index in [1.54, 1.807) is 105 Å². The van der Waals surface area contributed by atoms with Crippen LogP contribution in [0, 0.1) is 5.92 Å². The number of nitrogens with zero attached hydrogens (tertiary/aromatic N) is 1. The lowest BCUT2D eigenvalue weighted by Gasteiger charge is -2.33. The van der Waals surface area contributed by atoms with Crippen LogP contribution in [0.3, 0.4) is 0 Å². The number of aromatic amines is 3. The Kier molecular flexibility index (Phi) is 38.9. The molecule has 0 aliphatic heterocycles. The van der Waals surface area contributed by atoms with Crippen LogP contribution >= 0.6 is 25.3 Å². The molecule has 0 radical (unpaired) electrons. The molecule has 680 valence electrons. The number of hydrogen-bond acceptors (Lipinski definition) is 23. The van der Waals surface area contributed by atoms with E-state index in [1.807, 2.05) is 0 Å². The van der Waals surface area contributed by atoms with E-state index in [9.17, 15) is 77.6 Å². The number of unbranched alkanes of at least 4 members (excludes halogenated alkanes) is 1. The number of thiol groups is 2. The molecule has 42 heteroatoms. The van der Waals surface area contributed by atoms with Gasteiger partial charge in [0.15, 0.2) is 0 Å². The first kappa shape index (κ1) is 100. The number of ether oxygens (including phenoxy) is 1. The van der Waals surface area contributed by atoms with E-state index < -0.39 is 203 Å². The summed E-state index contributed by atoms with van der Waals surface area (Å²) in [6, 6.07) is 9.26. The van der Waals surface area contributed by atoms with Crippen LogP contribution in [0.4, 0.5) is 0 Å². The number of fused-ring (bicyclic) bond motifs is 2. The van der Waals surface area contributed by atoms with Gasteiger partial charge < -0.3 is 121 Å². The Morgan fingerprint density at radius 2 is 1.00 bits per heavy atom. The van der Waals surface area contributed by atoms with Crippen LogP contribution in [0.5, 0.6) is 5.75 Å². The second kappa shape index (κ2) is 48.9. The first-order chi connectivity index (χ1) is 59.8. The number of carbonyl (C=O) groups is 16. The molecule has 15 amide bonds. The topological polar surface area (TPSA) is 624 Å². The summed E-state index contributed by atoms with van der Waals surface area (Å²) >= 11 is 8.83. The monoisotopic (exact) mass is 1780 g/mol. The van der Waals surface area contributed by atoms with Gasteiger partial charge in [0.05, 0.1) is 32.0 Å². The Labute approximate surface area is 736 Å². The maximum atomic E-state index is 15.5. The molecular weight excluding hydrogens is 1670 g/mol. The number of nitrogens with two attached hydrogens (primary N) is 2. The molecule has 0 aliphatic carbocycles. The molecule has 24 N–H and O–H groups in total. The molecule has 3 heterocycles. The summed E-state index contributed by atoms with van der Waals surface area (Å²) in [6.45, 7) is 8.67. The summed E-state index contributed by atoms with van der Waals surface area (Å²) in [6.07, 6.45) is 3.01. The number of imidazole rings is 1. The van der Waals surface area contributed by atoms with E-state index in [0.717, 1.165) is 6.92 Å². The third-order valence-electron chi connectivity index (χ3n) is 20.1. The average molecular weight is 1790 g/mol. The fourth-order valence-corrected chi connectivity index (χ4v) is 13.7. The first-order valence-corrected chi connectivity index (χ1v) is 41.7. The van der Waals surface area contributed by atoms with Crippen molar-refractivity contribution >= 4 is 142 Å². The number of carbonyl (C=O) groups excluding carboxylic acids is 15. The quantitative estimate of drug-likeness (QED) is 0.0138. The second-order valence-electron chi connectivity index (χ2n) is 31.1. The van der Waals surface area contributed by atoms with Crippen molar-refractivity contribution in [3.63, 3.8) is 0 Å². The predicted molar refractivity (Wildman–Crippen MR) is 467 cm³/mol. The summed E-state index contributed by atoms with van der Waals surface area (Å²) in [5.74, 6) is -16.4. The summed E-state index contributed by atoms with van der Waals surface area (Å²) in [4.78, 5) is 235. The average Bonchev–Trinajstić information content (AvgIpc) is 1.59. The number of carboxylic acids is 1. The molecule has 126 heavy (non-hydrogen) atoms. The Hall–Kier alpha value is -12.9. The normalized spacial score (nSPS) is 14.4. The molecule has 0 fully saturated rings. The SMILES string of the molecule is CC(=O)N[C@@H](CS)C(=O)N[C@@H](C)C(=O)N[C@@H](CC(=O)O)C(=O)N[C@@H](Cc1c[nH]c2ccccc12)C(=O)N[C@H](C(=O)N[C@H](C(=O)N[C@@H](Cc1ccc(O)cc1)C(=O)N[C@@H](Cc1c[nH]c2ccccc12)C(=O)N[C@@H](Cc1cnc[nH]1)C(=O)N[C@H](C(=O)N[C@@H](Cc1ccccc1)C(=O)NCC(=O)NCCOCC(=O)N[C@H](CCCCN)C(N)=O)[C@@H](C)O)C(C)(C)S)C(C)C. The Balaban J connectivity index is 1.11. The fraction of sp³-hybridized carbons (Fsp3) is 0.440. The lowest BCUT2D eigenvalue weighted by molar-refractivity contribution is -0.141. The number of aliphatic hydroxyl groups excluding tert-OH is 1. The van der Waals surface area contributed by atoms with Gasteiger partial charge in [-0.25, -0.2) is 4.98 Å². The number of rotatable bonds is 51. The van der Waals surface area contributed by atoms with E-state index in [2.05, 4.69) is 107 Å². The third-order valence-corrected chi connectivity index (χ3v) is 20.7. The number of aliphatic hydroxyl groups is 1. The molecule has 4 aromatic carbocycles. The van der Waals surface area contributed by atoms with Gasteiger partial charge in [-0.15, -0.1) is 0 Å². The minimum Gasteiger partial charge on any atom is -0.508 e. The number of aliphatic carboxylic acids is 1. The van der Waals surface area contributed by atoms with Crippen molar-refractivity contribution < 1.29 is 96.8 Å². The van der Waals surface area contributed by atoms with Crippen LogP contribution in [0.2, 0.25) is 0 Å². The summed E-state index contributed by atoms with van der Waals surface area (Å²) in [5.41, 5.74) is 14.3. The maximum absolute atomic E-state index is 15.5. The van der Waals surface area contributed by atoms with Gasteiger partial charge in [0.1, 0.15) is 84.9 Å². The summed E-state index contributed by atoms with van der Waals surface area (Å²) in [7, 11) is 0. The summed E-state index contributed by atoms with van der Waals surface area (Å²) in [5, 5.41) is 68.6. The number of amides is 15. The molecule has 0 saturated carbocycles. The highest BCUT2D eigenvalue weighted by molar-refractivity contribution is 7.81. The maximum Gasteiger partial charge on any atom is 0.305 e. The van der Waals surface area contributed by atoms with Gasteiger partial charge in [-0.1, -0.05) is 92.7 Å². The van der Waals surface area contributed by atoms with Crippen molar-refractivity contribution in [1.29, 1.82) is 0 Å². The minimum absolute atomic E-state index is 0.115. The molecule has 0 spiro atoms. The standard InChI is InChI=1S/C84H112N20O20S2/c1-44(2)69(102-78(118)62(34-51-38-90-57-22-14-12-20-55(51)57)98-77(117)64(36-68(110)111)96-73(113)45(3)93-80(120)65(42-125)94-47(5)106)81(121)104-71(84(6,7)126)83(123)101-60(32-49-24-26-53(107)27-25-49)75(115)97-61(33-50-37-89-56-21-13-11-19-54(50)56)76(116)99-63(35-52-39-87-43-92-52)79(119)103-70(46(4)105)82(122)100-59(31-48-17-9-8-10-18-48)74(114)91-40-66(108)88-29-30-124-41-67(109)95-58(72(86)112)23-15-16-28-85/h8-14,17-22,24-27,37-39,43-46,58-65,69-71,89-90,105,107,125-126H,15-16,23,28-36,40-42,85H2,1-7H3,(H2,86,112)(H,87,92)(H,88,108)(H,91,114)(H,93,120)(H,94,106)(H,95,109)(H,96,113)(H,97,115)(H,98,117)(H,99,116)(H,100,122)(H,101,123)(H,102,118)(H,103,119)(H,104,121)(H,110,111)/t45-,46+,58+,59-,60-,61-,62-,63-,64-,65-,69-,70-,71+/m0/s1. The second-order valence-corrected chi connectivity index (χ2v) is 32.6. The molecule has 7 aromatic rings. The van der Waals surface area contributed by atoms with E-state index in [-0.39, 0.29) is 68.9 Å². The van der Waals surface area contributed by atoms with E-state index in [1.165, 1.54) is 64.5 Å². The van der Waals surface area contributed by atoms with Gasteiger partial charge in [0.2, 0.25) is 88.6 Å². The molecule has 13 atom stereocenters. The third kappa shape index (κ3) is 31.7. The number of carboxylic acid groups (broad SMARTS) is 1. The molecule has 7 rings (SSSR count). The van der Waals surface area contributed by atoms with Gasteiger partial charge in [-0.2, -0.15) is 25.3 Å². The predicted octanol–water partition coefficient (Wildman–Crippen LogP) is -2.54. The molecule has 0 saturated heterocycles. The Morgan fingerprint density at radius 3 is 1.52 bits per heavy atom. The lowest BCUT2D eigenvalue weighted by atomic mass is 9.97. The highest BCUT2D eigenvalue weighted by Crippen LogP contribution is 2.24. The number of benzene rings is 4. The van der Waals surface area contributed by atoms with Crippen molar-refractivity contribution in [3.8, 4) is 5.75 Å². The van der Waals surface area contributed by atoms with E-state index in [0.29, 0.717) is 63.4 Å². The van der Waals surface area contributed by atoms with Crippen LogP contribution in [0.15, 0.2) is 128 Å². The molecule has 0 aliphatic rings. The summed E-state index contributed by atoms with van der Waals surface area (Å²) < 4.78 is 3.81. The minimum atomic E-state index is -1.88. The number of phenols is 1. The Morgan fingerprint density at radius 1 is 0.508 bits per heavy atom. The number of H-pyrrole nitrogens is 3. The number of para-hydroxylation sites is 2. The van der Waals surface area contributed by atoms with Crippen molar-refractivity contribution in [2.75, 3.05) is 38.6 Å². The van der Waals surface area contributed by atoms with Crippen LogP contribution < -0.4 is 85.9 Å². The first-order valence-electron chi connectivity index (χ1n) is 40.7. The zero-order valence-corrected chi connectivity index (χ0v) is 72.4. The van der Waals surface area contributed by atoms with Gasteiger partial charge in [0.25, 0.3) is 0 Å². The number of hydrogen-bond donors (Lipinski definition) is 24. The number of phenolic OH excluding ortho intramolecular Hbond substituents is 1. The highest BCUT2D eigenvalue weighted by atomic mass is 32.1. The molecule has 0 unspecified atom stereocenters. The van der Waals surface area contributed by atoms with E-state index in [4.69, 9.17) is 28.8 Å². The van der Waals surface area contributed by atoms with Crippen LogP contribution in [0.1, 0.15) is 102 Å². The van der Waals surface area contributed by atoms with Gasteiger partial charge in [0, 0.05) is 102 Å². The number of nitrogens with one attached hydrogen (secondary N) is 17. The zero-order valence-electron chi connectivity index (χ0n) is 70.6. The molecular formula is C84H112N20O20S2. The smallest absolute Gasteiger partial charge is 0.305 e. The van der Waals surface area contributed by atoms with E-state index >= 15 is 14.4 Å². The largest absolute Gasteiger partial charge is 0.508 e. The highest BCUT2D eigenvalue weighted by Gasteiger charge is 2.42. The fourth-order valence-electron chi connectivity index (χ4n) is 13.3. The zero-order chi connectivity index (χ0) is 92.5. The lowest BCUT2D eigenvalue weighted by Crippen LogP contribution is -2.64. The molecule has 0 bridgehead atoms. The van der Waals surface area contributed by atoms with Gasteiger partial charge in [-0.3, -0.25) is 76.7 Å². The van der Waals surface area contributed by atoms with Crippen LogP contribution in [-0.4, -0.2) is 252 Å². The molecule has 3 aromatic heterocycles. The van der Waals surface area contributed by atoms with Crippen molar-refractivity contribution in [2.45, 2.75) is 190 Å².